The van der Waals surface area contributed by atoms with E-state index in [2.05, 4.69) is 20.2 Å². The van der Waals surface area contributed by atoms with Crippen LogP contribution in [0.4, 0.5) is 11.5 Å². The number of hydrogen-bond donors (Lipinski definition) is 1. The lowest BCUT2D eigenvalue weighted by molar-refractivity contribution is -0.120. The Morgan fingerprint density at radius 3 is 2.63 bits per heavy atom. The van der Waals surface area contributed by atoms with Crippen molar-refractivity contribution in [1.82, 2.24) is 9.97 Å². The van der Waals surface area contributed by atoms with E-state index in [-0.39, 0.29) is 23.2 Å². The van der Waals surface area contributed by atoms with Gasteiger partial charge in [-0.1, -0.05) is 11.8 Å². The molecule has 1 fully saturated rings. The highest BCUT2D eigenvalue weighted by atomic mass is 32.2. The van der Waals surface area contributed by atoms with Gasteiger partial charge in [-0.25, -0.2) is 9.97 Å². The number of benzene rings is 1. The first-order valence-electron chi connectivity index (χ1n) is 8.56. The van der Waals surface area contributed by atoms with Crippen LogP contribution in [-0.2, 0) is 4.79 Å². The Bertz CT molecular complexity index is 871. The molecule has 27 heavy (non-hydrogen) atoms. The molecule has 1 N–H and O–H groups in total. The second kappa shape index (κ2) is 8.64. The van der Waals surface area contributed by atoms with Crippen molar-refractivity contribution < 1.29 is 9.59 Å². The van der Waals surface area contributed by atoms with Crippen LogP contribution in [-0.4, -0.2) is 41.5 Å². The maximum atomic E-state index is 12.6. The van der Waals surface area contributed by atoms with Gasteiger partial charge in [-0.15, -0.1) is 0 Å². The molecule has 1 amide bonds. The van der Waals surface area contributed by atoms with E-state index in [1.807, 2.05) is 24.5 Å². The lowest BCUT2D eigenvalue weighted by Gasteiger charge is -2.33. The summed E-state index contributed by atoms with van der Waals surface area (Å²) in [5.74, 6) is 0.0247. The van der Waals surface area contributed by atoms with Crippen LogP contribution in [0.5, 0.6) is 0 Å². The summed E-state index contributed by atoms with van der Waals surface area (Å²) < 4.78 is 0. The molecule has 1 aromatic carbocycles. The smallest absolute Gasteiger partial charge is 0.228 e. The molecule has 3 rings (SSSR count). The van der Waals surface area contributed by atoms with E-state index in [0.29, 0.717) is 23.6 Å². The minimum Gasteiger partial charge on any atom is -0.371 e. The molecule has 0 atom stereocenters. The van der Waals surface area contributed by atoms with Gasteiger partial charge in [0.2, 0.25) is 5.91 Å². The van der Waals surface area contributed by atoms with Crippen molar-refractivity contribution in [2.45, 2.75) is 18.0 Å². The van der Waals surface area contributed by atoms with E-state index in [4.69, 9.17) is 0 Å². The highest BCUT2D eigenvalue weighted by Crippen LogP contribution is 2.25. The average Bonchev–Trinajstić information content (AvgIpc) is 2.73. The third-order valence-corrected chi connectivity index (χ3v) is 5.13. The molecule has 1 saturated heterocycles. The molecular weight excluding hydrogens is 362 g/mol. The number of amides is 1. The van der Waals surface area contributed by atoms with E-state index < -0.39 is 0 Å². The fourth-order valence-electron chi connectivity index (χ4n) is 3.02. The highest BCUT2D eigenvalue weighted by molar-refractivity contribution is 7.98. The van der Waals surface area contributed by atoms with Crippen LogP contribution in [0.15, 0.2) is 35.6 Å². The summed E-state index contributed by atoms with van der Waals surface area (Å²) in [5.41, 5.74) is 1.95. The van der Waals surface area contributed by atoms with Gasteiger partial charge in [-0.2, -0.15) is 5.26 Å². The first-order valence-corrected chi connectivity index (χ1v) is 9.79. The Morgan fingerprint density at radius 2 is 2.04 bits per heavy atom. The lowest BCUT2D eigenvalue weighted by Crippen LogP contribution is -2.38. The number of carbonyl (C=O) groups is 2. The molecule has 2 aromatic rings. The maximum absolute atomic E-state index is 12.6. The Balaban J connectivity index is 1.61. The average molecular weight is 381 g/mol. The van der Waals surface area contributed by atoms with Gasteiger partial charge in [0, 0.05) is 30.3 Å². The summed E-state index contributed by atoms with van der Waals surface area (Å²) in [6.07, 6.45) is 5.52. The molecule has 1 aliphatic rings. The summed E-state index contributed by atoms with van der Waals surface area (Å²) in [6, 6.07) is 9.45. The number of aldehydes is 1. The molecule has 1 aliphatic heterocycles. The van der Waals surface area contributed by atoms with Crippen molar-refractivity contribution in [1.29, 1.82) is 5.26 Å². The fraction of sp³-hybridized carbons (Fsp3) is 0.316. The lowest BCUT2D eigenvalue weighted by atomic mass is 9.95. The fourth-order valence-corrected chi connectivity index (χ4v) is 3.36. The van der Waals surface area contributed by atoms with Crippen LogP contribution >= 0.6 is 11.8 Å². The zero-order chi connectivity index (χ0) is 19.2. The molecular formula is C19H19N5O2S. The molecule has 1 aromatic heterocycles. The predicted octanol–water partition coefficient (Wildman–Crippen LogP) is 2.74. The zero-order valence-corrected chi connectivity index (χ0v) is 15.7. The second-order valence-electron chi connectivity index (χ2n) is 6.19. The van der Waals surface area contributed by atoms with E-state index in [9.17, 15) is 14.9 Å². The molecule has 8 heteroatoms. The number of nitriles is 1. The van der Waals surface area contributed by atoms with Crippen LogP contribution in [0.2, 0.25) is 0 Å². The second-order valence-corrected chi connectivity index (χ2v) is 6.96. The van der Waals surface area contributed by atoms with Crippen molar-refractivity contribution in [3.63, 3.8) is 0 Å². The van der Waals surface area contributed by atoms with Crippen LogP contribution in [0, 0.1) is 17.2 Å². The van der Waals surface area contributed by atoms with Crippen molar-refractivity contribution in [3.05, 3.63) is 41.6 Å². The quantitative estimate of drug-likeness (QED) is 0.483. The Morgan fingerprint density at radius 1 is 1.33 bits per heavy atom. The van der Waals surface area contributed by atoms with E-state index in [1.165, 1.54) is 18.0 Å². The van der Waals surface area contributed by atoms with Gasteiger partial charge in [0.05, 0.1) is 6.20 Å². The van der Waals surface area contributed by atoms with Crippen molar-refractivity contribution in [3.8, 4) is 6.07 Å². The van der Waals surface area contributed by atoms with E-state index in [1.54, 1.807) is 12.1 Å². The zero-order valence-electron chi connectivity index (χ0n) is 14.9. The van der Waals surface area contributed by atoms with Crippen LogP contribution in [0.25, 0.3) is 0 Å². The van der Waals surface area contributed by atoms with Crippen LogP contribution in [0.1, 0.15) is 28.8 Å². The number of nitrogens with one attached hydrogen (secondary N) is 1. The molecule has 0 spiro atoms. The third-order valence-electron chi connectivity index (χ3n) is 4.57. The highest BCUT2D eigenvalue weighted by Gasteiger charge is 2.26. The van der Waals surface area contributed by atoms with Gasteiger partial charge in [0.1, 0.15) is 17.9 Å². The minimum absolute atomic E-state index is 0.117. The number of carbonyl (C=O) groups excluding carboxylic acids is 2. The van der Waals surface area contributed by atoms with Gasteiger partial charge in [0.15, 0.2) is 11.0 Å². The molecule has 138 valence electrons. The topological polar surface area (TPSA) is 99.0 Å². The monoisotopic (exact) mass is 381 g/mol. The Hall–Kier alpha value is -2.92. The van der Waals surface area contributed by atoms with Crippen molar-refractivity contribution in [2.75, 3.05) is 29.6 Å². The van der Waals surface area contributed by atoms with Gasteiger partial charge in [-0.05, 0) is 43.4 Å². The predicted molar refractivity (Wildman–Crippen MR) is 104 cm³/mol. The van der Waals surface area contributed by atoms with E-state index in [0.717, 1.165) is 25.1 Å². The van der Waals surface area contributed by atoms with Gasteiger partial charge in [-0.3, -0.25) is 9.59 Å². The van der Waals surface area contributed by atoms with Gasteiger partial charge in [0.25, 0.3) is 0 Å². The van der Waals surface area contributed by atoms with Gasteiger partial charge < -0.3 is 10.2 Å². The standard InChI is InChI=1S/C19H19N5O2S/c1-27-19-21-11-15(10-20)17(23-19)22-18(26)14-6-8-24(9-7-14)16-4-2-13(12-25)3-5-16/h2-5,11-12,14H,6-9H2,1H3,(H,21,22,23,26). The summed E-state index contributed by atoms with van der Waals surface area (Å²) in [6.45, 7) is 1.51. The summed E-state index contributed by atoms with van der Waals surface area (Å²) >= 11 is 1.35. The number of aromatic nitrogens is 2. The molecule has 0 unspecified atom stereocenters. The third kappa shape index (κ3) is 4.44. The van der Waals surface area contributed by atoms with Gasteiger partial charge >= 0.3 is 0 Å². The molecule has 0 bridgehead atoms. The number of rotatable bonds is 5. The SMILES string of the molecule is CSc1ncc(C#N)c(NC(=O)C2CCN(c3ccc(C=O)cc3)CC2)n1. The molecule has 0 saturated carbocycles. The first-order chi connectivity index (χ1) is 13.1. The first kappa shape index (κ1) is 18.9. The Kier molecular flexibility index (Phi) is 6.04. The van der Waals surface area contributed by atoms with Crippen LogP contribution < -0.4 is 10.2 Å². The number of thioether (sulfide) groups is 1. The van der Waals surface area contributed by atoms with E-state index >= 15 is 0 Å². The normalized spacial score (nSPS) is 14.4. The molecule has 7 nitrogen and oxygen atoms in total. The van der Waals surface area contributed by atoms with Crippen molar-refractivity contribution >= 4 is 35.5 Å². The summed E-state index contributed by atoms with van der Waals surface area (Å²) in [7, 11) is 0. The number of hydrogen-bond acceptors (Lipinski definition) is 7. The Labute approximate surface area is 161 Å². The van der Waals surface area contributed by atoms with Crippen molar-refractivity contribution in [2.24, 2.45) is 5.92 Å². The molecule has 2 heterocycles. The largest absolute Gasteiger partial charge is 0.371 e. The molecule has 0 radical (unpaired) electrons. The maximum Gasteiger partial charge on any atom is 0.228 e. The minimum atomic E-state index is -0.130. The number of anilines is 2. The molecule has 0 aliphatic carbocycles. The summed E-state index contributed by atoms with van der Waals surface area (Å²) in [4.78, 5) is 33.9. The number of nitrogens with zero attached hydrogens (tertiary/aromatic N) is 4. The number of piperidine rings is 1. The van der Waals surface area contributed by atoms with Crippen LogP contribution in [0.3, 0.4) is 0 Å². The summed E-state index contributed by atoms with van der Waals surface area (Å²) in [5, 5.41) is 12.5.